The second-order valence-electron chi connectivity index (χ2n) is 7.43. The monoisotopic (exact) mass is 378 g/mol. The molecule has 4 rings (SSSR count). The fourth-order valence-corrected chi connectivity index (χ4v) is 5.00. The highest BCUT2D eigenvalue weighted by Gasteiger charge is 2.38. The van der Waals surface area contributed by atoms with Gasteiger partial charge < -0.3 is 14.2 Å². The molecule has 2 atom stereocenters. The van der Waals surface area contributed by atoms with Crippen LogP contribution in [0.3, 0.4) is 0 Å². The van der Waals surface area contributed by atoms with Crippen LogP contribution in [-0.4, -0.2) is 47.3 Å². The van der Waals surface area contributed by atoms with Crippen molar-refractivity contribution >= 4 is 28.5 Å². The SMILES string of the molecule is CN1C2CCCC1CC(OC(=O)c1c(Cl)n(CCF)c3ccccc13)C2. The number of fused-ring (bicyclic) bond motifs is 3. The molecule has 2 unspecified atom stereocenters. The van der Waals surface area contributed by atoms with Gasteiger partial charge in [-0.05, 0) is 26.0 Å². The molecule has 140 valence electrons. The third-order valence-electron chi connectivity index (χ3n) is 5.99. The lowest BCUT2D eigenvalue weighted by molar-refractivity contribution is -0.0317. The Labute approximate surface area is 157 Å². The van der Waals surface area contributed by atoms with Gasteiger partial charge in [-0.3, -0.25) is 0 Å². The number of aryl methyl sites for hydroxylation is 1. The predicted octanol–water partition coefficient (Wildman–Crippen LogP) is 4.44. The predicted molar refractivity (Wildman–Crippen MR) is 101 cm³/mol. The van der Waals surface area contributed by atoms with Crippen LogP contribution in [0.2, 0.25) is 5.15 Å². The number of esters is 1. The van der Waals surface area contributed by atoms with E-state index >= 15 is 0 Å². The second-order valence-corrected chi connectivity index (χ2v) is 7.78. The smallest absolute Gasteiger partial charge is 0.342 e. The van der Waals surface area contributed by atoms with Gasteiger partial charge in [-0.25, -0.2) is 9.18 Å². The average molecular weight is 379 g/mol. The molecule has 0 N–H and O–H groups in total. The number of ether oxygens (including phenoxy) is 1. The second kappa shape index (κ2) is 7.20. The van der Waals surface area contributed by atoms with Crippen LogP contribution in [0.4, 0.5) is 4.39 Å². The average Bonchev–Trinajstić information content (AvgIpc) is 2.88. The van der Waals surface area contributed by atoms with Gasteiger partial charge in [-0.15, -0.1) is 0 Å². The van der Waals surface area contributed by atoms with Crippen molar-refractivity contribution in [2.75, 3.05) is 13.7 Å². The summed E-state index contributed by atoms with van der Waals surface area (Å²) in [4.78, 5) is 15.4. The molecule has 1 aromatic carbocycles. The minimum absolute atomic E-state index is 0.0756. The van der Waals surface area contributed by atoms with Crippen LogP contribution in [0.1, 0.15) is 42.5 Å². The molecule has 0 aliphatic carbocycles. The molecule has 0 saturated carbocycles. The molecule has 2 fully saturated rings. The molecule has 0 spiro atoms. The van der Waals surface area contributed by atoms with Gasteiger partial charge in [0.1, 0.15) is 23.5 Å². The number of hydrogen-bond donors (Lipinski definition) is 0. The molecule has 6 heteroatoms. The van der Waals surface area contributed by atoms with Gasteiger partial charge >= 0.3 is 5.97 Å². The first-order chi connectivity index (χ1) is 12.6. The van der Waals surface area contributed by atoms with Crippen molar-refractivity contribution in [2.24, 2.45) is 0 Å². The van der Waals surface area contributed by atoms with E-state index in [0.717, 1.165) is 36.6 Å². The maximum atomic E-state index is 12.9. The first kappa shape index (κ1) is 17.8. The topological polar surface area (TPSA) is 34.5 Å². The number of alkyl halides is 1. The summed E-state index contributed by atoms with van der Waals surface area (Å²) in [6.45, 7) is -0.407. The molecular formula is C20H24ClFN2O2. The lowest BCUT2D eigenvalue weighted by Crippen LogP contribution is -2.52. The Balaban J connectivity index is 1.60. The van der Waals surface area contributed by atoms with Gasteiger partial charge in [-0.2, -0.15) is 0 Å². The molecule has 0 radical (unpaired) electrons. The maximum Gasteiger partial charge on any atom is 0.342 e. The largest absolute Gasteiger partial charge is 0.459 e. The summed E-state index contributed by atoms with van der Waals surface area (Å²) in [5, 5.41) is 0.992. The van der Waals surface area contributed by atoms with Gasteiger partial charge in [0, 0.05) is 30.3 Å². The number of rotatable bonds is 4. The summed E-state index contributed by atoms with van der Waals surface area (Å²) < 4.78 is 20.5. The van der Waals surface area contributed by atoms with Crippen LogP contribution in [0.5, 0.6) is 0 Å². The number of piperidine rings is 2. The van der Waals surface area contributed by atoms with E-state index in [1.165, 1.54) is 6.42 Å². The zero-order chi connectivity index (χ0) is 18.3. The van der Waals surface area contributed by atoms with Crippen LogP contribution in [0, 0.1) is 0 Å². The van der Waals surface area contributed by atoms with Crippen LogP contribution >= 0.6 is 11.6 Å². The number of hydrogen-bond acceptors (Lipinski definition) is 3. The molecule has 2 bridgehead atoms. The molecule has 1 aromatic heterocycles. The van der Waals surface area contributed by atoms with E-state index in [-0.39, 0.29) is 17.8 Å². The summed E-state index contributed by atoms with van der Waals surface area (Å²) in [5.74, 6) is -0.392. The van der Waals surface area contributed by atoms with Gasteiger partial charge in [0.15, 0.2) is 0 Å². The Morgan fingerprint density at radius 1 is 1.27 bits per heavy atom. The van der Waals surface area contributed by atoms with E-state index < -0.39 is 12.6 Å². The highest BCUT2D eigenvalue weighted by molar-refractivity contribution is 6.35. The number of para-hydroxylation sites is 1. The number of carbonyl (C=O) groups excluding carboxylic acids is 1. The third-order valence-corrected chi connectivity index (χ3v) is 6.38. The lowest BCUT2D eigenvalue weighted by Gasteiger charge is -2.46. The molecule has 2 aliphatic rings. The molecule has 2 aromatic rings. The molecule has 0 amide bonds. The summed E-state index contributed by atoms with van der Waals surface area (Å²) in [6.07, 6.45) is 5.25. The maximum absolute atomic E-state index is 12.9. The fourth-order valence-electron chi connectivity index (χ4n) is 4.64. The van der Waals surface area contributed by atoms with Crippen LogP contribution in [0.25, 0.3) is 10.9 Å². The Morgan fingerprint density at radius 2 is 1.96 bits per heavy atom. The molecule has 2 saturated heterocycles. The van der Waals surface area contributed by atoms with Crippen molar-refractivity contribution in [3.8, 4) is 0 Å². The number of carbonyl (C=O) groups is 1. The molecular weight excluding hydrogens is 355 g/mol. The van der Waals surface area contributed by atoms with E-state index in [1.54, 1.807) is 4.57 Å². The quantitative estimate of drug-likeness (QED) is 0.738. The lowest BCUT2D eigenvalue weighted by atomic mass is 9.83. The highest BCUT2D eigenvalue weighted by atomic mass is 35.5. The number of aromatic nitrogens is 1. The normalized spacial score (nSPS) is 26.2. The summed E-state index contributed by atoms with van der Waals surface area (Å²) in [5.41, 5.74) is 1.13. The van der Waals surface area contributed by atoms with Crippen molar-refractivity contribution in [1.29, 1.82) is 0 Å². The first-order valence-electron chi connectivity index (χ1n) is 9.35. The molecule has 3 heterocycles. The minimum Gasteiger partial charge on any atom is -0.459 e. The number of benzene rings is 1. The van der Waals surface area contributed by atoms with Crippen LogP contribution in [0.15, 0.2) is 24.3 Å². The van der Waals surface area contributed by atoms with Crippen LogP contribution in [-0.2, 0) is 11.3 Å². The fraction of sp³-hybridized carbons (Fsp3) is 0.550. The number of nitrogens with zero attached hydrogens (tertiary/aromatic N) is 2. The summed E-state index contributed by atoms with van der Waals surface area (Å²) in [7, 11) is 2.17. The van der Waals surface area contributed by atoms with Gasteiger partial charge in [0.2, 0.25) is 0 Å². The zero-order valence-corrected chi connectivity index (χ0v) is 15.7. The van der Waals surface area contributed by atoms with E-state index in [4.69, 9.17) is 16.3 Å². The number of halogens is 2. The molecule has 2 aliphatic heterocycles. The molecule has 4 nitrogen and oxygen atoms in total. The summed E-state index contributed by atoms with van der Waals surface area (Å²) >= 11 is 6.45. The standard InChI is InChI=1S/C20H24ClFN2O2/c1-23-13-5-4-6-14(23)12-15(11-13)26-20(25)18-16-7-2-3-8-17(16)24(10-9-22)19(18)21/h2-3,7-8,13-15H,4-6,9-12H2,1H3. The Morgan fingerprint density at radius 3 is 2.65 bits per heavy atom. The third kappa shape index (κ3) is 3.01. The van der Waals surface area contributed by atoms with E-state index in [1.807, 2.05) is 24.3 Å². The Bertz CT molecular complexity index is 807. The summed E-state index contributed by atoms with van der Waals surface area (Å²) in [6, 6.07) is 8.40. The van der Waals surface area contributed by atoms with Gasteiger partial charge in [0.25, 0.3) is 0 Å². The van der Waals surface area contributed by atoms with E-state index in [9.17, 15) is 9.18 Å². The van der Waals surface area contributed by atoms with Crippen molar-refractivity contribution in [3.05, 3.63) is 35.0 Å². The van der Waals surface area contributed by atoms with Gasteiger partial charge in [0.05, 0.1) is 12.1 Å². The van der Waals surface area contributed by atoms with Crippen molar-refractivity contribution in [1.82, 2.24) is 9.47 Å². The van der Waals surface area contributed by atoms with Crippen molar-refractivity contribution in [3.63, 3.8) is 0 Å². The Kier molecular flexibility index (Phi) is 4.93. The first-order valence-corrected chi connectivity index (χ1v) is 9.73. The highest BCUT2D eigenvalue weighted by Crippen LogP contribution is 2.36. The Hall–Kier alpha value is -1.59. The van der Waals surface area contributed by atoms with Crippen molar-refractivity contribution < 1.29 is 13.9 Å². The zero-order valence-electron chi connectivity index (χ0n) is 15.0. The molecule has 26 heavy (non-hydrogen) atoms. The van der Waals surface area contributed by atoms with Gasteiger partial charge in [-0.1, -0.05) is 36.2 Å². The van der Waals surface area contributed by atoms with E-state index in [2.05, 4.69) is 11.9 Å². The van der Waals surface area contributed by atoms with Crippen LogP contribution < -0.4 is 0 Å². The van der Waals surface area contributed by atoms with E-state index in [0.29, 0.717) is 17.6 Å². The minimum atomic E-state index is -0.537. The van der Waals surface area contributed by atoms with Crippen molar-refractivity contribution in [2.45, 2.75) is 56.8 Å².